The lowest BCUT2D eigenvalue weighted by atomic mass is 10.1. The summed E-state index contributed by atoms with van der Waals surface area (Å²) < 4.78 is 0. The molecule has 0 aliphatic carbocycles. The van der Waals surface area contributed by atoms with Crippen LogP contribution in [0.4, 0.5) is 11.4 Å². The third-order valence-electron chi connectivity index (χ3n) is 3.79. The second-order valence-corrected chi connectivity index (χ2v) is 11.5. The van der Waals surface area contributed by atoms with E-state index in [1.165, 1.54) is 27.3 Å². The summed E-state index contributed by atoms with van der Waals surface area (Å²) in [5.74, 6) is 0. The van der Waals surface area contributed by atoms with E-state index in [1.54, 1.807) is 0 Å². The Morgan fingerprint density at radius 3 is 2.10 bits per heavy atom. The van der Waals surface area contributed by atoms with Gasteiger partial charge in [-0.25, -0.2) is 0 Å². The first kappa shape index (κ1) is 13.9. The molecule has 0 spiro atoms. The molecule has 0 amide bonds. The van der Waals surface area contributed by atoms with Gasteiger partial charge in [-0.15, -0.1) is 0 Å². The number of hydrogen-bond acceptors (Lipinski definition) is 1. The van der Waals surface area contributed by atoms with Gasteiger partial charge in [0.25, 0.3) is 0 Å². The third kappa shape index (κ3) is 2.86. The van der Waals surface area contributed by atoms with Gasteiger partial charge in [0.05, 0.1) is 8.07 Å². The molecule has 21 heavy (non-hydrogen) atoms. The molecule has 1 nitrogen and oxygen atoms in total. The fraction of sp³-hybridized carbons (Fsp3) is 0.158. The Morgan fingerprint density at radius 1 is 0.667 bits per heavy atom. The normalized spacial score (nSPS) is 11.6. The summed E-state index contributed by atoms with van der Waals surface area (Å²) in [5.41, 5.74) is 2.42. The van der Waals surface area contributed by atoms with Crippen LogP contribution in [-0.4, -0.2) is 8.07 Å². The minimum absolute atomic E-state index is 1.18. The van der Waals surface area contributed by atoms with E-state index in [-0.39, 0.29) is 0 Å². The van der Waals surface area contributed by atoms with Crippen LogP contribution in [0.3, 0.4) is 0 Å². The molecular weight excluding hydrogens is 270 g/mol. The van der Waals surface area contributed by atoms with Crippen LogP contribution in [-0.2, 0) is 0 Å². The fourth-order valence-corrected chi connectivity index (χ4v) is 4.28. The van der Waals surface area contributed by atoms with Crippen molar-refractivity contribution in [1.82, 2.24) is 0 Å². The quantitative estimate of drug-likeness (QED) is 0.660. The highest BCUT2D eigenvalue weighted by Crippen LogP contribution is 2.26. The van der Waals surface area contributed by atoms with Gasteiger partial charge in [0, 0.05) is 16.8 Å². The molecule has 1 N–H and O–H groups in total. The molecule has 0 fully saturated rings. The molecule has 0 heterocycles. The smallest absolute Gasteiger partial charge is 0.0803 e. The third-order valence-corrected chi connectivity index (χ3v) is 5.85. The van der Waals surface area contributed by atoms with E-state index in [2.05, 4.69) is 91.7 Å². The van der Waals surface area contributed by atoms with Crippen LogP contribution in [0.5, 0.6) is 0 Å². The Kier molecular flexibility index (Phi) is 3.56. The average Bonchev–Trinajstić information content (AvgIpc) is 2.47. The summed E-state index contributed by atoms with van der Waals surface area (Å²) >= 11 is 0. The van der Waals surface area contributed by atoms with Crippen LogP contribution in [0, 0.1) is 0 Å². The average molecular weight is 291 g/mol. The predicted molar refractivity (Wildman–Crippen MR) is 96.7 cm³/mol. The number of hydrogen-bond donors (Lipinski definition) is 1. The maximum absolute atomic E-state index is 3.66. The molecule has 0 saturated carbocycles. The van der Waals surface area contributed by atoms with E-state index >= 15 is 0 Å². The molecule has 0 unspecified atom stereocenters. The number of rotatable bonds is 3. The van der Waals surface area contributed by atoms with Crippen molar-refractivity contribution in [3.63, 3.8) is 0 Å². The summed E-state index contributed by atoms with van der Waals surface area (Å²) in [6, 6.07) is 23.6. The minimum Gasteiger partial charge on any atom is -0.355 e. The fourth-order valence-electron chi connectivity index (χ4n) is 2.73. The molecule has 3 aromatic rings. The second kappa shape index (κ2) is 5.38. The Morgan fingerprint density at radius 2 is 1.29 bits per heavy atom. The first-order valence-corrected chi connectivity index (χ1v) is 10.9. The Balaban J connectivity index is 2.08. The van der Waals surface area contributed by atoms with E-state index in [0.29, 0.717) is 0 Å². The summed E-state index contributed by atoms with van der Waals surface area (Å²) in [4.78, 5) is 0. The van der Waals surface area contributed by atoms with Crippen LogP contribution in [0.25, 0.3) is 10.8 Å². The number of anilines is 2. The minimum atomic E-state index is -1.36. The van der Waals surface area contributed by atoms with Gasteiger partial charge in [-0.05, 0) is 22.7 Å². The van der Waals surface area contributed by atoms with E-state index < -0.39 is 8.07 Å². The molecule has 0 radical (unpaired) electrons. The summed E-state index contributed by atoms with van der Waals surface area (Å²) in [7, 11) is -1.36. The van der Waals surface area contributed by atoms with Crippen molar-refractivity contribution in [2.45, 2.75) is 19.6 Å². The first-order chi connectivity index (χ1) is 10.1. The molecular formula is C19H21NSi. The summed E-state index contributed by atoms with van der Waals surface area (Å²) in [6.07, 6.45) is 0. The van der Waals surface area contributed by atoms with Gasteiger partial charge in [-0.2, -0.15) is 0 Å². The monoisotopic (exact) mass is 291 g/mol. The van der Waals surface area contributed by atoms with E-state index in [4.69, 9.17) is 0 Å². The number of fused-ring (bicyclic) bond motifs is 1. The van der Waals surface area contributed by atoms with Gasteiger partial charge in [-0.3, -0.25) is 0 Å². The van der Waals surface area contributed by atoms with E-state index in [0.717, 1.165) is 0 Å². The Labute approximate surface area is 127 Å². The zero-order chi connectivity index (χ0) is 14.9. The van der Waals surface area contributed by atoms with Crippen molar-refractivity contribution in [2.75, 3.05) is 5.32 Å². The molecule has 0 aliphatic rings. The van der Waals surface area contributed by atoms with Crippen LogP contribution in [0.2, 0.25) is 19.6 Å². The number of para-hydroxylation sites is 1. The lowest BCUT2D eigenvalue weighted by Gasteiger charge is -2.22. The number of nitrogens with one attached hydrogen (secondary N) is 1. The molecule has 0 saturated heterocycles. The molecule has 3 rings (SSSR count). The molecule has 0 atom stereocenters. The van der Waals surface area contributed by atoms with Crippen LogP contribution in [0.1, 0.15) is 0 Å². The largest absolute Gasteiger partial charge is 0.355 e. The lowest BCUT2D eigenvalue weighted by Crippen LogP contribution is -2.38. The van der Waals surface area contributed by atoms with Gasteiger partial charge in [-0.1, -0.05) is 74.2 Å². The molecule has 0 aromatic heterocycles. The maximum Gasteiger partial charge on any atom is 0.0803 e. The standard InChI is InChI=1S/C19H21NSi/c1-21(2,3)19-14-7-6-12-18(19)20-17-13-8-10-15-9-4-5-11-16(15)17/h4-14,20H,1-3H3. The van der Waals surface area contributed by atoms with Crippen molar-refractivity contribution in [1.29, 1.82) is 0 Å². The maximum atomic E-state index is 3.66. The zero-order valence-corrected chi connectivity index (χ0v) is 13.9. The highest BCUT2D eigenvalue weighted by atomic mass is 28.3. The SMILES string of the molecule is C[Si](C)(C)c1ccccc1Nc1cccc2ccccc12. The second-order valence-electron chi connectivity index (χ2n) is 6.45. The van der Waals surface area contributed by atoms with E-state index in [1.807, 2.05) is 0 Å². The topological polar surface area (TPSA) is 12.0 Å². The highest BCUT2D eigenvalue weighted by molar-refractivity contribution is 6.89. The van der Waals surface area contributed by atoms with Crippen LogP contribution >= 0.6 is 0 Å². The lowest BCUT2D eigenvalue weighted by molar-refractivity contribution is 1.58. The van der Waals surface area contributed by atoms with Gasteiger partial charge in [0.1, 0.15) is 0 Å². The number of benzene rings is 3. The van der Waals surface area contributed by atoms with Gasteiger partial charge in [0.2, 0.25) is 0 Å². The van der Waals surface area contributed by atoms with E-state index in [9.17, 15) is 0 Å². The van der Waals surface area contributed by atoms with Crippen molar-refractivity contribution >= 4 is 35.4 Å². The Hall–Kier alpha value is -2.06. The van der Waals surface area contributed by atoms with Crippen LogP contribution < -0.4 is 10.5 Å². The molecule has 0 bridgehead atoms. The molecule has 3 aromatic carbocycles. The first-order valence-electron chi connectivity index (χ1n) is 7.40. The molecule has 0 aliphatic heterocycles. The van der Waals surface area contributed by atoms with Gasteiger partial charge in [0.15, 0.2) is 0 Å². The van der Waals surface area contributed by atoms with Crippen molar-refractivity contribution in [2.24, 2.45) is 0 Å². The summed E-state index contributed by atoms with van der Waals surface area (Å²) in [5, 5.41) is 7.67. The molecule has 2 heteroatoms. The summed E-state index contributed by atoms with van der Waals surface area (Å²) in [6.45, 7) is 7.16. The van der Waals surface area contributed by atoms with Crippen molar-refractivity contribution in [3.05, 3.63) is 66.7 Å². The van der Waals surface area contributed by atoms with Gasteiger partial charge >= 0.3 is 0 Å². The zero-order valence-electron chi connectivity index (χ0n) is 12.9. The van der Waals surface area contributed by atoms with Crippen molar-refractivity contribution < 1.29 is 0 Å². The molecule has 106 valence electrons. The van der Waals surface area contributed by atoms with Gasteiger partial charge < -0.3 is 5.32 Å². The highest BCUT2D eigenvalue weighted by Gasteiger charge is 2.19. The van der Waals surface area contributed by atoms with Crippen LogP contribution in [0.15, 0.2) is 66.7 Å². The van der Waals surface area contributed by atoms with Crippen molar-refractivity contribution in [3.8, 4) is 0 Å². The predicted octanol–water partition coefficient (Wildman–Crippen LogP) is 5.13. The Bertz CT molecular complexity index is 766.